The van der Waals surface area contributed by atoms with Crippen molar-refractivity contribution in [3.63, 3.8) is 0 Å². The van der Waals surface area contributed by atoms with Crippen molar-refractivity contribution in [2.75, 3.05) is 0 Å². The minimum absolute atomic E-state index is 0. The van der Waals surface area contributed by atoms with Crippen LogP contribution >= 0.6 is 12.4 Å². The molecule has 0 aliphatic heterocycles. The first-order valence-corrected chi connectivity index (χ1v) is 7.08. The van der Waals surface area contributed by atoms with Crippen molar-refractivity contribution in [3.8, 4) is 0 Å². The molecular formula is C18H10ClNO4. The summed E-state index contributed by atoms with van der Waals surface area (Å²) in [6.07, 6.45) is 1.59. The topological polar surface area (TPSA) is 76.5 Å². The average Bonchev–Trinajstić information content (AvgIpc) is 3.20. The van der Waals surface area contributed by atoms with Gasteiger partial charge in [0.15, 0.2) is 5.58 Å². The third-order valence-electron chi connectivity index (χ3n) is 4.08. The second-order valence-electron chi connectivity index (χ2n) is 5.40. The van der Waals surface area contributed by atoms with Crippen molar-refractivity contribution in [2.24, 2.45) is 0 Å². The maximum Gasteiger partial charge on any atom is 0.371 e. The molecule has 3 heterocycles. The van der Waals surface area contributed by atoms with E-state index in [9.17, 15) is 9.90 Å². The second-order valence-corrected chi connectivity index (χ2v) is 5.40. The summed E-state index contributed by atoms with van der Waals surface area (Å²) in [7, 11) is 0. The zero-order chi connectivity index (χ0) is 15.6. The van der Waals surface area contributed by atoms with Crippen molar-refractivity contribution in [1.82, 2.24) is 4.98 Å². The molecule has 6 heteroatoms. The Morgan fingerprint density at radius 3 is 2.67 bits per heavy atom. The maximum absolute atomic E-state index is 11.2. The van der Waals surface area contributed by atoms with Crippen LogP contribution in [0.1, 0.15) is 10.6 Å². The summed E-state index contributed by atoms with van der Waals surface area (Å²) >= 11 is 0. The van der Waals surface area contributed by atoms with E-state index in [0.29, 0.717) is 22.1 Å². The van der Waals surface area contributed by atoms with Gasteiger partial charge in [0.1, 0.15) is 11.1 Å². The number of hydrogen-bond acceptors (Lipinski definition) is 4. The molecule has 0 amide bonds. The number of rotatable bonds is 1. The molecule has 0 bridgehead atoms. The number of carbonyl (C=O) groups is 1. The summed E-state index contributed by atoms with van der Waals surface area (Å²) in [5.41, 5.74) is 2.52. The third kappa shape index (κ3) is 1.82. The molecule has 0 radical (unpaired) electrons. The highest BCUT2D eigenvalue weighted by molar-refractivity contribution is 6.23. The average molecular weight is 340 g/mol. The Morgan fingerprint density at radius 1 is 1.00 bits per heavy atom. The summed E-state index contributed by atoms with van der Waals surface area (Å²) in [6.45, 7) is 0. The number of aromatic carboxylic acids is 1. The van der Waals surface area contributed by atoms with Crippen LogP contribution in [0.5, 0.6) is 0 Å². The van der Waals surface area contributed by atoms with Gasteiger partial charge in [0, 0.05) is 22.2 Å². The fraction of sp³-hybridized carbons (Fsp3) is 0. The van der Waals surface area contributed by atoms with E-state index in [2.05, 4.69) is 4.98 Å². The predicted octanol–water partition coefficient (Wildman–Crippen LogP) is 5.00. The first-order valence-electron chi connectivity index (χ1n) is 7.08. The van der Waals surface area contributed by atoms with E-state index >= 15 is 0 Å². The van der Waals surface area contributed by atoms with E-state index in [1.165, 1.54) is 6.07 Å². The van der Waals surface area contributed by atoms with Crippen LogP contribution in [-0.4, -0.2) is 16.1 Å². The highest BCUT2D eigenvalue weighted by atomic mass is 35.5. The number of pyridine rings is 1. The number of benzene rings is 2. The van der Waals surface area contributed by atoms with Crippen LogP contribution in [0.2, 0.25) is 0 Å². The van der Waals surface area contributed by atoms with Gasteiger partial charge in [-0.3, -0.25) is 0 Å². The Hall–Kier alpha value is -3.05. The quantitative estimate of drug-likeness (QED) is 0.435. The van der Waals surface area contributed by atoms with E-state index in [1.807, 2.05) is 36.4 Å². The van der Waals surface area contributed by atoms with Crippen molar-refractivity contribution in [1.29, 1.82) is 0 Å². The molecule has 0 aliphatic rings. The van der Waals surface area contributed by atoms with Gasteiger partial charge in [0.25, 0.3) is 0 Å². The van der Waals surface area contributed by atoms with Crippen LogP contribution in [-0.2, 0) is 0 Å². The molecule has 0 atom stereocenters. The summed E-state index contributed by atoms with van der Waals surface area (Å²) < 4.78 is 11.1. The van der Waals surface area contributed by atoms with Crippen LogP contribution in [0.4, 0.5) is 0 Å². The van der Waals surface area contributed by atoms with Crippen LogP contribution in [0, 0.1) is 0 Å². The highest BCUT2D eigenvalue weighted by Gasteiger charge is 2.19. The Kier molecular flexibility index (Phi) is 3.01. The van der Waals surface area contributed by atoms with Crippen LogP contribution in [0.15, 0.2) is 57.6 Å². The zero-order valence-corrected chi connectivity index (χ0v) is 13.0. The molecule has 0 aliphatic carbocycles. The fourth-order valence-corrected chi connectivity index (χ4v) is 3.07. The van der Waals surface area contributed by atoms with Gasteiger partial charge in [-0.25, -0.2) is 9.78 Å². The summed E-state index contributed by atoms with van der Waals surface area (Å²) in [4.78, 5) is 15.9. The molecule has 5 rings (SSSR count). The highest BCUT2D eigenvalue weighted by Crippen LogP contribution is 2.37. The van der Waals surface area contributed by atoms with E-state index in [4.69, 9.17) is 8.83 Å². The van der Waals surface area contributed by atoms with Gasteiger partial charge in [0.2, 0.25) is 5.76 Å². The van der Waals surface area contributed by atoms with Crippen molar-refractivity contribution < 1.29 is 18.7 Å². The molecule has 5 nitrogen and oxygen atoms in total. The largest absolute Gasteiger partial charge is 0.475 e. The lowest BCUT2D eigenvalue weighted by atomic mass is 10.1. The number of para-hydroxylation sites is 1. The molecule has 0 unspecified atom stereocenters. The number of furan rings is 2. The van der Waals surface area contributed by atoms with Gasteiger partial charge < -0.3 is 13.9 Å². The minimum Gasteiger partial charge on any atom is -0.475 e. The second kappa shape index (κ2) is 4.97. The number of hydrogen-bond donors (Lipinski definition) is 1. The maximum atomic E-state index is 11.2. The first kappa shape index (κ1) is 14.5. The fourth-order valence-electron chi connectivity index (χ4n) is 3.07. The van der Waals surface area contributed by atoms with Crippen molar-refractivity contribution in [2.45, 2.75) is 0 Å². The molecule has 0 saturated heterocycles. The molecule has 0 spiro atoms. The predicted molar refractivity (Wildman–Crippen MR) is 93.0 cm³/mol. The summed E-state index contributed by atoms with van der Waals surface area (Å²) in [6, 6.07) is 13.2. The molecular weight excluding hydrogens is 330 g/mol. The number of carboxylic acids is 1. The Bertz CT molecular complexity index is 1250. The molecule has 3 aromatic heterocycles. The molecule has 2 aromatic carbocycles. The lowest BCUT2D eigenvalue weighted by Gasteiger charge is -2.03. The van der Waals surface area contributed by atoms with Gasteiger partial charge >= 0.3 is 5.97 Å². The molecule has 1 N–H and O–H groups in total. The van der Waals surface area contributed by atoms with E-state index in [1.54, 1.807) is 6.26 Å². The Balaban J connectivity index is 0.00000146. The van der Waals surface area contributed by atoms with Gasteiger partial charge in [-0.2, -0.15) is 0 Å². The van der Waals surface area contributed by atoms with E-state index < -0.39 is 5.97 Å². The molecule has 5 aromatic rings. The summed E-state index contributed by atoms with van der Waals surface area (Å²) in [5.74, 6) is -1.24. The smallest absolute Gasteiger partial charge is 0.371 e. The lowest BCUT2D eigenvalue weighted by molar-refractivity contribution is 0.0665. The first-order chi connectivity index (χ1) is 11.2. The molecule has 24 heavy (non-hydrogen) atoms. The number of carboxylic acid groups (broad SMARTS) is 1. The monoisotopic (exact) mass is 339 g/mol. The molecule has 0 saturated carbocycles. The van der Waals surface area contributed by atoms with Crippen molar-refractivity contribution >= 4 is 62.1 Å². The van der Waals surface area contributed by atoms with Crippen LogP contribution < -0.4 is 0 Å². The minimum atomic E-state index is -1.12. The zero-order valence-electron chi connectivity index (χ0n) is 12.1. The molecule has 118 valence electrons. The van der Waals surface area contributed by atoms with E-state index in [0.717, 1.165) is 21.7 Å². The van der Waals surface area contributed by atoms with Gasteiger partial charge in [-0.1, -0.05) is 18.2 Å². The SMILES string of the molecule is Cl.O=C(O)c1cc2c3occc3c3cc4ccccc4nc3c2o1. The van der Waals surface area contributed by atoms with Crippen molar-refractivity contribution in [3.05, 3.63) is 54.5 Å². The van der Waals surface area contributed by atoms with Crippen LogP contribution in [0.25, 0.3) is 43.7 Å². The normalized spacial score (nSPS) is 11.3. The van der Waals surface area contributed by atoms with Crippen LogP contribution in [0.3, 0.4) is 0 Å². The van der Waals surface area contributed by atoms with Gasteiger partial charge in [-0.15, -0.1) is 12.4 Å². The van der Waals surface area contributed by atoms with Gasteiger partial charge in [-0.05, 0) is 18.2 Å². The number of nitrogens with zero attached hydrogens (tertiary/aromatic N) is 1. The van der Waals surface area contributed by atoms with Gasteiger partial charge in [0.05, 0.1) is 17.2 Å². The summed E-state index contributed by atoms with van der Waals surface area (Å²) in [5, 5.41) is 12.6. The van der Waals surface area contributed by atoms with E-state index in [-0.39, 0.29) is 18.2 Å². The standard InChI is InChI=1S/C18H9NO4.ClH/c20-18(21)14-8-12-16-10(5-6-22-16)11-7-9-3-1-2-4-13(9)19-15(11)17(12)23-14;/h1-8H,(H,20,21);1H. The Labute approximate surface area is 140 Å². The number of aromatic nitrogens is 1. The third-order valence-corrected chi connectivity index (χ3v) is 4.08. The molecule has 0 fully saturated rings. The number of fused-ring (bicyclic) bond motifs is 7. The number of halogens is 1. The lowest BCUT2D eigenvalue weighted by Crippen LogP contribution is -1.91. The Morgan fingerprint density at radius 2 is 1.83 bits per heavy atom.